The van der Waals surface area contributed by atoms with Crippen LogP contribution in [0.4, 0.5) is 5.82 Å². The molecule has 0 bridgehead atoms. The van der Waals surface area contributed by atoms with Gasteiger partial charge in [-0.3, -0.25) is 0 Å². The summed E-state index contributed by atoms with van der Waals surface area (Å²) in [6, 6.07) is 10.1. The Labute approximate surface area is 144 Å². The van der Waals surface area contributed by atoms with Gasteiger partial charge in [-0.05, 0) is 38.3 Å². The lowest BCUT2D eigenvalue weighted by molar-refractivity contribution is 0.387. The third-order valence-electron chi connectivity index (χ3n) is 4.75. The largest absolute Gasteiger partial charge is 0.438 e. The second-order valence-electron chi connectivity index (χ2n) is 6.45. The molecule has 1 unspecified atom stereocenters. The van der Waals surface area contributed by atoms with Crippen molar-refractivity contribution in [2.45, 2.75) is 32.2 Å². The van der Waals surface area contributed by atoms with E-state index in [0.717, 1.165) is 54.3 Å². The SMILES string of the molecule is Cc1cc(N2CCCCC2c2nc3ccccc3o2)n2ncnc2n1. The molecule has 0 aliphatic carbocycles. The van der Waals surface area contributed by atoms with E-state index in [1.54, 1.807) is 10.8 Å². The van der Waals surface area contributed by atoms with Crippen molar-refractivity contribution >= 4 is 22.7 Å². The van der Waals surface area contributed by atoms with E-state index in [-0.39, 0.29) is 6.04 Å². The predicted molar refractivity (Wildman–Crippen MR) is 93.5 cm³/mol. The standard InChI is InChI=1S/C18H18N6O/c1-12-10-16(24-18(21-12)19-11-20-24)23-9-5-4-7-14(23)17-22-13-6-2-3-8-15(13)25-17/h2-3,6,8,10-11,14H,4-5,7,9H2,1H3. The highest BCUT2D eigenvalue weighted by Gasteiger charge is 2.30. The fourth-order valence-corrected chi connectivity index (χ4v) is 3.61. The highest BCUT2D eigenvalue weighted by atomic mass is 16.3. The number of nitrogens with zero attached hydrogens (tertiary/aromatic N) is 6. The lowest BCUT2D eigenvalue weighted by atomic mass is 10.0. The molecule has 25 heavy (non-hydrogen) atoms. The van der Waals surface area contributed by atoms with E-state index in [4.69, 9.17) is 9.40 Å². The third-order valence-corrected chi connectivity index (χ3v) is 4.75. The van der Waals surface area contributed by atoms with Crippen molar-refractivity contribution in [1.82, 2.24) is 24.6 Å². The lowest BCUT2D eigenvalue weighted by Gasteiger charge is -2.35. The first-order chi connectivity index (χ1) is 12.3. The molecule has 1 aromatic carbocycles. The number of hydrogen-bond donors (Lipinski definition) is 0. The van der Waals surface area contributed by atoms with E-state index >= 15 is 0 Å². The Bertz CT molecular complexity index is 1020. The molecule has 0 spiro atoms. The first kappa shape index (κ1) is 14.4. The average Bonchev–Trinajstić information content (AvgIpc) is 3.27. The number of aryl methyl sites for hydroxylation is 1. The van der Waals surface area contributed by atoms with Gasteiger partial charge in [0.2, 0.25) is 5.89 Å². The van der Waals surface area contributed by atoms with Crippen LogP contribution in [0, 0.1) is 6.92 Å². The summed E-state index contributed by atoms with van der Waals surface area (Å²) >= 11 is 0. The molecular formula is C18H18N6O. The van der Waals surface area contributed by atoms with Crippen LogP contribution in [0.2, 0.25) is 0 Å². The minimum absolute atomic E-state index is 0.0929. The van der Waals surface area contributed by atoms with E-state index in [1.165, 1.54) is 0 Å². The summed E-state index contributed by atoms with van der Waals surface area (Å²) in [7, 11) is 0. The summed E-state index contributed by atoms with van der Waals surface area (Å²) in [5.41, 5.74) is 2.66. The van der Waals surface area contributed by atoms with E-state index < -0.39 is 0 Å². The summed E-state index contributed by atoms with van der Waals surface area (Å²) in [5, 5.41) is 4.36. The van der Waals surface area contributed by atoms with Crippen molar-refractivity contribution in [3.8, 4) is 0 Å². The quantitative estimate of drug-likeness (QED) is 0.560. The molecule has 126 valence electrons. The third kappa shape index (κ3) is 2.34. The highest BCUT2D eigenvalue weighted by molar-refractivity contribution is 5.72. The number of fused-ring (bicyclic) bond motifs is 2. The van der Waals surface area contributed by atoms with Crippen molar-refractivity contribution < 1.29 is 4.42 Å². The lowest BCUT2D eigenvalue weighted by Crippen LogP contribution is -2.35. The molecule has 1 saturated heterocycles. The van der Waals surface area contributed by atoms with E-state index in [0.29, 0.717) is 5.78 Å². The number of hydrogen-bond acceptors (Lipinski definition) is 6. The smallest absolute Gasteiger partial charge is 0.254 e. The summed E-state index contributed by atoms with van der Waals surface area (Å²) in [4.78, 5) is 15.7. The second kappa shape index (κ2) is 5.54. The molecule has 1 aliphatic rings. The molecule has 0 radical (unpaired) electrons. The highest BCUT2D eigenvalue weighted by Crippen LogP contribution is 2.35. The Hall–Kier alpha value is -2.96. The molecule has 4 heterocycles. The number of piperidine rings is 1. The van der Waals surface area contributed by atoms with Gasteiger partial charge >= 0.3 is 0 Å². The van der Waals surface area contributed by atoms with Crippen molar-refractivity contribution in [2.24, 2.45) is 0 Å². The fourth-order valence-electron chi connectivity index (χ4n) is 3.61. The normalized spacial score (nSPS) is 18.3. The monoisotopic (exact) mass is 334 g/mol. The van der Waals surface area contributed by atoms with Crippen LogP contribution in [0.5, 0.6) is 0 Å². The van der Waals surface area contributed by atoms with Gasteiger partial charge in [0, 0.05) is 18.3 Å². The van der Waals surface area contributed by atoms with E-state index in [9.17, 15) is 0 Å². The Kier molecular flexibility index (Phi) is 3.19. The van der Waals surface area contributed by atoms with Crippen LogP contribution >= 0.6 is 0 Å². The maximum absolute atomic E-state index is 6.07. The van der Waals surface area contributed by atoms with Gasteiger partial charge in [0.1, 0.15) is 23.7 Å². The molecule has 1 atom stereocenters. The Morgan fingerprint density at radius 1 is 1.16 bits per heavy atom. The van der Waals surface area contributed by atoms with Gasteiger partial charge in [0.25, 0.3) is 5.78 Å². The van der Waals surface area contributed by atoms with Gasteiger partial charge in [-0.2, -0.15) is 14.6 Å². The molecule has 4 aromatic rings. The molecular weight excluding hydrogens is 316 g/mol. The number of para-hydroxylation sites is 2. The van der Waals surface area contributed by atoms with Crippen LogP contribution in [0.3, 0.4) is 0 Å². The summed E-state index contributed by atoms with van der Waals surface area (Å²) < 4.78 is 7.87. The molecule has 0 N–H and O–H groups in total. The van der Waals surface area contributed by atoms with Gasteiger partial charge in [0.05, 0.1) is 0 Å². The first-order valence-corrected chi connectivity index (χ1v) is 8.59. The van der Waals surface area contributed by atoms with Crippen LogP contribution in [0.1, 0.15) is 36.9 Å². The van der Waals surface area contributed by atoms with Gasteiger partial charge in [0.15, 0.2) is 5.58 Å². The zero-order chi connectivity index (χ0) is 16.8. The number of aromatic nitrogens is 5. The van der Waals surface area contributed by atoms with Crippen LogP contribution in [0.25, 0.3) is 16.9 Å². The molecule has 3 aromatic heterocycles. The zero-order valence-electron chi connectivity index (χ0n) is 14.0. The van der Waals surface area contributed by atoms with Gasteiger partial charge < -0.3 is 9.32 Å². The molecule has 7 heteroatoms. The van der Waals surface area contributed by atoms with Gasteiger partial charge in [-0.1, -0.05) is 12.1 Å². The van der Waals surface area contributed by atoms with Crippen LogP contribution in [-0.2, 0) is 0 Å². The zero-order valence-corrected chi connectivity index (χ0v) is 14.0. The van der Waals surface area contributed by atoms with E-state index in [1.807, 2.05) is 31.2 Å². The molecule has 5 rings (SSSR count). The van der Waals surface area contributed by atoms with Crippen LogP contribution in [-0.4, -0.2) is 31.1 Å². The van der Waals surface area contributed by atoms with Crippen molar-refractivity contribution in [1.29, 1.82) is 0 Å². The second-order valence-corrected chi connectivity index (χ2v) is 6.45. The maximum atomic E-state index is 6.07. The Morgan fingerprint density at radius 3 is 3.00 bits per heavy atom. The Balaban J connectivity index is 1.63. The van der Waals surface area contributed by atoms with Gasteiger partial charge in [-0.25, -0.2) is 9.97 Å². The maximum Gasteiger partial charge on any atom is 0.254 e. The number of benzene rings is 1. The van der Waals surface area contributed by atoms with Gasteiger partial charge in [-0.15, -0.1) is 0 Å². The Morgan fingerprint density at radius 2 is 2.08 bits per heavy atom. The minimum Gasteiger partial charge on any atom is -0.438 e. The van der Waals surface area contributed by atoms with Crippen LogP contribution in [0.15, 0.2) is 41.1 Å². The minimum atomic E-state index is 0.0929. The molecule has 7 nitrogen and oxygen atoms in total. The number of anilines is 1. The first-order valence-electron chi connectivity index (χ1n) is 8.59. The van der Waals surface area contributed by atoms with Crippen molar-refractivity contribution in [2.75, 3.05) is 11.4 Å². The molecule has 1 fully saturated rings. The van der Waals surface area contributed by atoms with Crippen molar-refractivity contribution in [3.05, 3.63) is 48.2 Å². The van der Waals surface area contributed by atoms with Crippen LogP contribution < -0.4 is 4.90 Å². The molecule has 0 saturated carbocycles. The predicted octanol–water partition coefficient (Wildman–Crippen LogP) is 3.31. The topological polar surface area (TPSA) is 72.4 Å². The molecule has 0 amide bonds. The number of rotatable bonds is 2. The fraction of sp³-hybridized carbons (Fsp3) is 0.333. The van der Waals surface area contributed by atoms with Crippen molar-refractivity contribution in [3.63, 3.8) is 0 Å². The average molecular weight is 334 g/mol. The van der Waals surface area contributed by atoms with E-state index in [2.05, 4.69) is 26.0 Å². The number of oxazole rings is 1. The molecule has 1 aliphatic heterocycles. The summed E-state index contributed by atoms with van der Waals surface area (Å²) in [6.45, 7) is 2.92. The summed E-state index contributed by atoms with van der Waals surface area (Å²) in [6.07, 6.45) is 4.84. The summed E-state index contributed by atoms with van der Waals surface area (Å²) in [5.74, 6) is 2.38.